The molecular weight excluding hydrogens is 474 g/mol. The maximum absolute atomic E-state index is 13.7. The number of aryl methyl sites for hydroxylation is 1. The van der Waals surface area contributed by atoms with Crippen LogP contribution in [0.5, 0.6) is 0 Å². The van der Waals surface area contributed by atoms with Gasteiger partial charge in [0.25, 0.3) is 0 Å². The summed E-state index contributed by atoms with van der Waals surface area (Å²) in [4.78, 5) is 41.2. The molecule has 8 heteroatoms. The molecule has 0 spiro atoms. The summed E-state index contributed by atoms with van der Waals surface area (Å²) in [7, 11) is 0. The molecule has 2 aromatic carbocycles. The lowest BCUT2D eigenvalue weighted by Crippen LogP contribution is -2.54. The van der Waals surface area contributed by atoms with Gasteiger partial charge in [0, 0.05) is 18.8 Å². The van der Waals surface area contributed by atoms with E-state index in [4.69, 9.17) is 4.74 Å². The van der Waals surface area contributed by atoms with Gasteiger partial charge in [-0.15, -0.1) is 0 Å². The lowest BCUT2D eigenvalue weighted by atomic mass is 10.0. The number of hydrogen-bond donors (Lipinski definition) is 3. The molecule has 0 saturated heterocycles. The van der Waals surface area contributed by atoms with E-state index >= 15 is 0 Å². The first-order valence-corrected chi connectivity index (χ1v) is 13.0. The minimum atomic E-state index is -0.950. The van der Waals surface area contributed by atoms with E-state index in [0.29, 0.717) is 25.1 Å². The maximum Gasteiger partial charge on any atom is 0.408 e. The Bertz CT molecular complexity index is 990. The third-order valence-electron chi connectivity index (χ3n) is 5.49. The Morgan fingerprint density at radius 3 is 2.14 bits per heavy atom. The van der Waals surface area contributed by atoms with Crippen molar-refractivity contribution in [3.05, 3.63) is 71.3 Å². The van der Waals surface area contributed by atoms with Crippen LogP contribution in [-0.2, 0) is 27.3 Å². The van der Waals surface area contributed by atoms with Gasteiger partial charge in [-0.05, 0) is 50.3 Å². The highest BCUT2D eigenvalue weighted by atomic mass is 32.1. The van der Waals surface area contributed by atoms with Gasteiger partial charge in [0.2, 0.25) is 11.8 Å². The molecule has 2 atom stereocenters. The molecule has 0 radical (unpaired) electrons. The van der Waals surface area contributed by atoms with E-state index in [1.54, 1.807) is 20.8 Å². The fourth-order valence-electron chi connectivity index (χ4n) is 3.73. The second-order valence-corrected chi connectivity index (χ2v) is 9.98. The number of carbonyl (C=O) groups excluding carboxylic acids is 3. The number of rotatable bonds is 11. The fourth-order valence-corrected chi connectivity index (χ4v) is 3.98. The first-order valence-electron chi connectivity index (χ1n) is 12.4. The van der Waals surface area contributed by atoms with E-state index < -0.39 is 29.7 Å². The highest BCUT2D eigenvalue weighted by Crippen LogP contribution is 2.24. The molecule has 2 rings (SSSR count). The molecule has 0 aliphatic heterocycles. The van der Waals surface area contributed by atoms with Crippen molar-refractivity contribution >= 4 is 30.5 Å². The zero-order valence-electron chi connectivity index (χ0n) is 21.9. The Morgan fingerprint density at radius 2 is 1.61 bits per heavy atom. The molecule has 0 aliphatic rings. The average Bonchev–Trinajstić information content (AvgIpc) is 2.85. The van der Waals surface area contributed by atoms with Gasteiger partial charge in [-0.1, -0.05) is 68.4 Å². The number of carbonyl (C=O) groups is 3. The number of thiol groups is 1. The van der Waals surface area contributed by atoms with Crippen molar-refractivity contribution in [1.82, 2.24) is 15.5 Å². The van der Waals surface area contributed by atoms with E-state index in [9.17, 15) is 14.4 Å². The summed E-state index contributed by atoms with van der Waals surface area (Å²) in [6.45, 7) is 9.92. The van der Waals surface area contributed by atoms with E-state index in [2.05, 4.69) is 30.2 Å². The van der Waals surface area contributed by atoms with Gasteiger partial charge in [0.15, 0.2) is 0 Å². The number of hydrogen-bond acceptors (Lipinski definition) is 5. The van der Waals surface area contributed by atoms with E-state index in [0.717, 1.165) is 17.5 Å². The van der Waals surface area contributed by atoms with Gasteiger partial charge < -0.3 is 20.3 Å². The molecule has 3 amide bonds. The molecular formula is C28H39N3O4S. The van der Waals surface area contributed by atoms with Crippen LogP contribution in [0.25, 0.3) is 0 Å². The van der Waals surface area contributed by atoms with Crippen LogP contribution in [0.4, 0.5) is 4.79 Å². The lowest BCUT2D eigenvalue weighted by Gasteiger charge is -2.34. The van der Waals surface area contributed by atoms with Crippen LogP contribution in [0.3, 0.4) is 0 Å². The predicted octanol–water partition coefficient (Wildman–Crippen LogP) is 4.67. The standard InChI is InChI=1S/C28H39N3O4S/c1-6-17-31(26(33)23(19-36)30-27(34)35-28(3,4)5)24(22-15-13-20(7-2)14-16-22)25(32)29-18-21-11-9-8-10-12-21/h8-16,23-24,36H,6-7,17-19H2,1-5H3,(H,29,32)(H,30,34). The third-order valence-corrected chi connectivity index (χ3v) is 5.86. The third kappa shape index (κ3) is 8.90. The van der Waals surface area contributed by atoms with E-state index in [1.807, 2.05) is 61.5 Å². The number of amides is 3. The number of nitrogens with zero attached hydrogens (tertiary/aromatic N) is 1. The molecule has 0 saturated carbocycles. The van der Waals surface area contributed by atoms with Gasteiger partial charge >= 0.3 is 6.09 Å². The van der Waals surface area contributed by atoms with Crippen molar-refractivity contribution in [1.29, 1.82) is 0 Å². The molecule has 0 heterocycles. The quantitative estimate of drug-likeness (QED) is 0.381. The minimum Gasteiger partial charge on any atom is -0.444 e. The molecule has 0 aliphatic carbocycles. The largest absolute Gasteiger partial charge is 0.444 e. The zero-order chi connectivity index (χ0) is 26.7. The molecule has 196 valence electrons. The monoisotopic (exact) mass is 513 g/mol. The summed E-state index contributed by atoms with van der Waals surface area (Å²) < 4.78 is 5.33. The van der Waals surface area contributed by atoms with Gasteiger partial charge in [0.05, 0.1) is 0 Å². The first-order chi connectivity index (χ1) is 17.1. The van der Waals surface area contributed by atoms with Crippen molar-refractivity contribution < 1.29 is 19.1 Å². The van der Waals surface area contributed by atoms with Crippen LogP contribution in [-0.4, -0.2) is 46.7 Å². The molecule has 2 N–H and O–H groups in total. The normalized spacial score (nSPS) is 12.8. The highest BCUT2D eigenvalue weighted by molar-refractivity contribution is 7.80. The molecule has 7 nitrogen and oxygen atoms in total. The van der Waals surface area contributed by atoms with Crippen LogP contribution in [0.15, 0.2) is 54.6 Å². The molecule has 36 heavy (non-hydrogen) atoms. The van der Waals surface area contributed by atoms with Crippen molar-refractivity contribution in [3.63, 3.8) is 0 Å². The summed E-state index contributed by atoms with van der Waals surface area (Å²) in [6, 6.07) is 15.5. The smallest absolute Gasteiger partial charge is 0.408 e. The van der Waals surface area contributed by atoms with Crippen molar-refractivity contribution in [2.75, 3.05) is 12.3 Å². The maximum atomic E-state index is 13.7. The Labute approximate surface area is 220 Å². The van der Waals surface area contributed by atoms with Crippen LogP contribution < -0.4 is 10.6 Å². The molecule has 0 fully saturated rings. The lowest BCUT2D eigenvalue weighted by molar-refractivity contribution is -0.142. The summed E-state index contributed by atoms with van der Waals surface area (Å²) in [6.07, 6.45) is 0.792. The molecule has 0 bridgehead atoms. The van der Waals surface area contributed by atoms with Crippen molar-refractivity contribution in [2.45, 2.75) is 71.7 Å². The highest BCUT2D eigenvalue weighted by Gasteiger charge is 2.35. The molecule has 2 aromatic rings. The number of nitrogens with one attached hydrogen (secondary N) is 2. The number of alkyl carbamates (subject to hydrolysis) is 1. The van der Waals surface area contributed by atoms with Crippen molar-refractivity contribution in [3.8, 4) is 0 Å². The van der Waals surface area contributed by atoms with E-state index in [1.165, 1.54) is 4.90 Å². The number of ether oxygens (including phenoxy) is 1. The predicted molar refractivity (Wildman–Crippen MR) is 146 cm³/mol. The van der Waals surface area contributed by atoms with Crippen LogP contribution in [0, 0.1) is 0 Å². The van der Waals surface area contributed by atoms with Gasteiger partial charge in [0.1, 0.15) is 17.7 Å². The Hall–Kier alpha value is -3.00. The second kappa shape index (κ2) is 13.9. The molecule has 2 unspecified atom stereocenters. The van der Waals surface area contributed by atoms with Crippen LogP contribution in [0.1, 0.15) is 63.8 Å². The summed E-state index contributed by atoms with van der Waals surface area (Å²) in [5, 5.41) is 5.61. The van der Waals surface area contributed by atoms with Gasteiger partial charge in [-0.3, -0.25) is 9.59 Å². The van der Waals surface area contributed by atoms with Crippen molar-refractivity contribution in [2.24, 2.45) is 0 Å². The Morgan fingerprint density at radius 1 is 0.972 bits per heavy atom. The SMILES string of the molecule is CCCN(C(=O)C(CS)NC(=O)OC(C)(C)C)C(C(=O)NCc1ccccc1)c1ccc(CC)cc1. The summed E-state index contributed by atoms with van der Waals surface area (Å²) in [5.41, 5.74) is 2.09. The molecule has 0 aromatic heterocycles. The fraction of sp³-hybridized carbons (Fsp3) is 0.464. The Balaban J connectivity index is 2.36. The number of benzene rings is 2. The zero-order valence-corrected chi connectivity index (χ0v) is 22.8. The first kappa shape index (κ1) is 29.2. The summed E-state index contributed by atoms with van der Waals surface area (Å²) >= 11 is 4.31. The minimum absolute atomic E-state index is 0.0609. The topological polar surface area (TPSA) is 87.7 Å². The average molecular weight is 514 g/mol. The summed E-state index contributed by atoms with van der Waals surface area (Å²) in [5.74, 6) is -0.622. The van der Waals surface area contributed by atoms with Crippen LogP contribution >= 0.6 is 12.6 Å². The Kier molecular flexibility index (Phi) is 11.3. The van der Waals surface area contributed by atoms with E-state index in [-0.39, 0.29) is 11.7 Å². The van der Waals surface area contributed by atoms with Crippen LogP contribution in [0.2, 0.25) is 0 Å². The van der Waals surface area contributed by atoms with Gasteiger partial charge in [-0.2, -0.15) is 12.6 Å². The second-order valence-electron chi connectivity index (χ2n) is 9.61. The van der Waals surface area contributed by atoms with Gasteiger partial charge in [-0.25, -0.2) is 4.79 Å².